The van der Waals surface area contributed by atoms with Gasteiger partial charge in [0.25, 0.3) is 0 Å². The van der Waals surface area contributed by atoms with Gasteiger partial charge in [0, 0.05) is 12.5 Å². The number of hydrogen-bond donors (Lipinski definition) is 2. The van der Waals surface area contributed by atoms with Gasteiger partial charge in [0.1, 0.15) is 0 Å². The van der Waals surface area contributed by atoms with Crippen molar-refractivity contribution in [2.24, 2.45) is 5.10 Å². The van der Waals surface area contributed by atoms with E-state index in [1.807, 2.05) is 0 Å². The van der Waals surface area contributed by atoms with E-state index in [0.29, 0.717) is 21.3 Å². The third-order valence-corrected chi connectivity index (χ3v) is 3.83. The highest BCUT2D eigenvalue weighted by Gasteiger charge is 2.11. The SMILES string of the molecule is CC(=O)c1sc(N/N=C\c2ccccc2C(=O)O)nc1C. The Morgan fingerprint density at radius 3 is 2.71 bits per heavy atom. The maximum absolute atomic E-state index is 11.3. The van der Waals surface area contributed by atoms with Crippen LogP contribution in [0.15, 0.2) is 29.4 Å². The van der Waals surface area contributed by atoms with E-state index >= 15 is 0 Å². The van der Waals surface area contributed by atoms with Gasteiger partial charge in [-0.15, -0.1) is 0 Å². The molecule has 0 saturated heterocycles. The lowest BCUT2D eigenvalue weighted by Crippen LogP contribution is -2.02. The van der Waals surface area contributed by atoms with Gasteiger partial charge in [0.2, 0.25) is 5.13 Å². The normalized spacial score (nSPS) is 10.8. The first-order chi connectivity index (χ1) is 9.99. The molecule has 6 nitrogen and oxygen atoms in total. The van der Waals surface area contributed by atoms with Gasteiger partial charge in [-0.25, -0.2) is 9.78 Å². The summed E-state index contributed by atoms with van der Waals surface area (Å²) in [4.78, 5) is 27.1. The van der Waals surface area contributed by atoms with Gasteiger partial charge in [-0.3, -0.25) is 10.2 Å². The zero-order valence-corrected chi connectivity index (χ0v) is 12.3. The molecular weight excluding hydrogens is 290 g/mol. The number of hydrazone groups is 1. The van der Waals surface area contributed by atoms with E-state index in [9.17, 15) is 9.59 Å². The molecule has 2 aromatic rings. The Hall–Kier alpha value is -2.54. The number of carbonyl (C=O) groups excluding carboxylic acids is 1. The number of carboxylic acid groups (broad SMARTS) is 1. The van der Waals surface area contributed by atoms with Gasteiger partial charge in [-0.05, 0) is 13.0 Å². The molecule has 0 aliphatic carbocycles. The lowest BCUT2D eigenvalue weighted by atomic mass is 10.1. The summed E-state index contributed by atoms with van der Waals surface area (Å²) in [6.07, 6.45) is 1.41. The number of aromatic carboxylic acids is 1. The zero-order valence-electron chi connectivity index (χ0n) is 11.5. The molecule has 0 radical (unpaired) electrons. The number of carbonyl (C=O) groups is 2. The Morgan fingerprint density at radius 2 is 2.10 bits per heavy atom. The van der Waals surface area contributed by atoms with Gasteiger partial charge >= 0.3 is 5.97 Å². The first-order valence-electron chi connectivity index (χ1n) is 6.09. The fourth-order valence-corrected chi connectivity index (χ4v) is 2.54. The van der Waals surface area contributed by atoms with Crippen LogP contribution in [0.4, 0.5) is 5.13 Å². The number of Topliss-reactive ketones (excluding diaryl/α,β-unsaturated/α-hetero) is 1. The highest BCUT2D eigenvalue weighted by molar-refractivity contribution is 7.17. The minimum atomic E-state index is -1.01. The van der Waals surface area contributed by atoms with Gasteiger partial charge in [0.05, 0.1) is 22.3 Å². The van der Waals surface area contributed by atoms with Crippen molar-refractivity contribution < 1.29 is 14.7 Å². The van der Waals surface area contributed by atoms with Crippen molar-refractivity contribution in [2.75, 3.05) is 5.43 Å². The highest BCUT2D eigenvalue weighted by Crippen LogP contribution is 2.22. The van der Waals surface area contributed by atoms with Gasteiger partial charge in [0.15, 0.2) is 5.78 Å². The molecule has 2 rings (SSSR count). The Kier molecular flexibility index (Phi) is 4.44. The first-order valence-corrected chi connectivity index (χ1v) is 6.90. The molecule has 0 unspecified atom stereocenters. The number of nitrogens with zero attached hydrogens (tertiary/aromatic N) is 2. The molecule has 108 valence electrons. The summed E-state index contributed by atoms with van der Waals surface area (Å²) in [5.41, 5.74) is 4.01. The van der Waals surface area contributed by atoms with Crippen LogP contribution in [0.5, 0.6) is 0 Å². The van der Waals surface area contributed by atoms with Crippen LogP contribution in [0.25, 0.3) is 0 Å². The fourth-order valence-electron chi connectivity index (χ4n) is 1.73. The molecule has 1 aromatic heterocycles. The molecule has 0 bridgehead atoms. The number of benzene rings is 1. The van der Waals surface area contributed by atoms with Crippen LogP contribution >= 0.6 is 11.3 Å². The van der Waals surface area contributed by atoms with Crippen molar-refractivity contribution in [1.82, 2.24) is 4.98 Å². The van der Waals surface area contributed by atoms with Crippen LogP contribution in [0, 0.1) is 6.92 Å². The van der Waals surface area contributed by atoms with E-state index in [2.05, 4.69) is 15.5 Å². The molecule has 2 N–H and O–H groups in total. The average Bonchev–Trinajstić information content (AvgIpc) is 2.80. The Labute approximate surface area is 125 Å². The minimum absolute atomic E-state index is 0.0433. The average molecular weight is 303 g/mol. The molecule has 0 spiro atoms. The molecule has 1 aromatic carbocycles. The fraction of sp³-hybridized carbons (Fsp3) is 0.143. The summed E-state index contributed by atoms with van der Waals surface area (Å²) in [7, 11) is 0. The molecule has 0 aliphatic heterocycles. The number of hydrogen-bond acceptors (Lipinski definition) is 6. The quantitative estimate of drug-likeness (QED) is 0.503. The lowest BCUT2D eigenvalue weighted by molar-refractivity contribution is 0.0696. The second kappa shape index (κ2) is 6.27. The van der Waals surface area contributed by atoms with Crippen molar-refractivity contribution in [3.8, 4) is 0 Å². The summed E-state index contributed by atoms with van der Waals surface area (Å²) in [5, 5.41) is 13.5. The summed E-state index contributed by atoms with van der Waals surface area (Å²) in [6.45, 7) is 3.23. The summed E-state index contributed by atoms with van der Waals surface area (Å²) in [5.74, 6) is -1.06. The maximum atomic E-state index is 11.3. The van der Waals surface area contributed by atoms with E-state index in [-0.39, 0.29) is 11.3 Å². The molecule has 0 amide bonds. The Morgan fingerprint density at radius 1 is 1.38 bits per heavy atom. The smallest absolute Gasteiger partial charge is 0.336 e. The van der Waals surface area contributed by atoms with Gasteiger partial charge in [-0.2, -0.15) is 5.10 Å². The maximum Gasteiger partial charge on any atom is 0.336 e. The number of thiazole rings is 1. The van der Waals surface area contributed by atoms with Crippen LogP contribution in [-0.2, 0) is 0 Å². The van der Waals surface area contributed by atoms with Crippen molar-refractivity contribution in [2.45, 2.75) is 13.8 Å². The van der Waals surface area contributed by atoms with E-state index < -0.39 is 5.97 Å². The topological polar surface area (TPSA) is 91.7 Å². The number of ketones is 1. The number of rotatable bonds is 5. The van der Waals surface area contributed by atoms with Gasteiger partial charge in [-0.1, -0.05) is 29.5 Å². The summed E-state index contributed by atoms with van der Waals surface area (Å²) < 4.78 is 0. The standard InChI is InChI=1S/C14H13N3O3S/c1-8-12(9(2)18)21-14(16-8)17-15-7-10-5-3-4-6-11(10)13(19)20/h3-7H,1-2H3,(H,16,17)(H,19,20)/b15-7-. The van der Waals surface area contributed by atoms with E-state index in [0.717, 1.165) is 0 Å². The van der Waals surface area contributed by atoms with Gasteiger partial charge < -0.3 is 5.11 Å². The third kappa shape index (κ3) is 3.51. The van der Waals surface area contributed by atoms with Crippen LogP contribution in [-0.4, -0.2) is 28.1 Å². The highest BCUT2D eigenvalue weighted by atomic mass is 32.1. The molecule has 0 saturated carbocycles. The summed E-state index contributed by atoms with van der Waals surface area (Å²) in [6, 6.07) is 6.54. The number of aromatic nitrogens is 1. The van der Waals surface area contributed by atoms with Crippen LogP contribution in [0.3, 0.4) is 0 Å². The molecule has 0 atom stereocenters. The molecule has 1 heterocycles. The van der Waals surface area contributed by atoms with E-state index in [1.54, 1.807) is 25.1 Å². The second-order valence-electron chi connectivity index (χ2n) is 4.25. The van der Waals surface area contributed by atoms with Crippen molar-refractivity contribution >= 4 is 34.4 Å². The second-order valence-corrected chi connectivity index (χ2v) is 5.25. The number of nitrogens with one attached hydrogen (secondary N) is 1. The minimum Gasteiger partial charge on any atom is -0.478 e. The Balaban J connectivity index is 2.15. The van der Waals surface area contributed by atoms with E-state index in [1.165, 1.54) is 30.5 Å². The van der Waals surface area contributed by atoms with Crippen LogP contribution in [0.2, 0.25) is 0 Å². The first kappa shape index (κ1) is 14.9. The number of carboxylic acids is 1. The third-order valence-electron chi connectivity index (χ3n) is 2.67. The number of aryl methyl sites for hydroxylation is 1. The largest absolute Gasteiger partial charge is 0.478 e. The lowest BCUT2D eigenvalue weighted by Gasteiger charge is -1.99. The van der Waals surface area contributed by atoms with Crippen molar-refractivity contribution in [1.29, 1.82) is 0 Å². The summed E-state index contributed by atoms with van der Waals surface area (Å²) >= 11 is 1.21. The predicted octanol–water partition coefficient (Wildman–Crippen LogP) is 2.80. The molecule has 0 aliphatic rings. The van der Waals surface area contributed by atoms with E-state index in [4.69, 9.17) is 5.11 Å². The molecule has 7 heteroatoms. The van der Waals surface area contributed by atoms with Crippen LogP contribution < -0.4 is 5.43 Å². The molecular formula is C14H13N3O3S. The van der Waals surface area contributed by atoms with Crippen molar-refractivity contribution in [3.05, 3.63) is 46.0 Å². The predicted molar refractivity (Wildman–Crippen MR) is 81.5 cm³/mol. The van der Waals surface area contributed by atoms with Crippen molar-refractivity contribution in [3.63, 3.8) is 0 Å². The monoisotopic (exact) mass is 303 g/mol. The molecule has 0 fully saturated rings. The van der Waals surface area contributed by atoms with Crippen LogP contribution in [0.1, 0.15) is 38.2 Å². The Bertz CT molecular complexity index is 722. The molecule has 21 heavy (non-hydrogen) atoms. The number of anilines is 1. The zero-order chi connectivity index (χ0) is 15.4.